The van der Waals surface area contributed by atoms with Crippen molar-refractivity contribution in [3.8, 4) is 0 Å². The molecule has 0 aromatic heterocycles. The van der Waals surface area contributed by atoms with E-state index in [-0.39, 0.29) is 34.1 Å². The topological polar surface area (TPSA) is 86.8 Å². The first-order chi connectivity index (χ1) is 20.0. The summed E-state index contributed by atoms with van der Waals surface area (Å²) in [4.78, 5) is 28.9. The van der Waals surface area contributed by atoms with E-state index in [1.807, 2.05) is 6.92 Å². The van der Waals surface area contributed by atoms with Crippen molar-refractivity contribution in [3.05, 3.63) is 92.9 Å². The van der Waals surface area contributed by atoms with Crippen LogP contribution in [0.2, 0.25) is 15.1 Å². The Kier molecular flexibility index (Phi) is 10.8. The van der Waals surface area contributed by atoms with Crippen LogP contribution in [0.3, 0.4) is 0 Å². The van der Waals surface area contributed by atoms with Gasteiger partial charge in [-0.2, -0.15) is 0 Å². The van der Waals surface area contributed by atoms with Crippen LogP contribution < -0.4 is 9.62 Å². The molecule has 3 aromatic carbocycles. The second-order valence-corrected chi connectivity index (χ2v) is 13.6. The highest BCUT2D eigenvalue weighted by Gasteiger charge is 2.34. The Labute approximate surface area is 262 Å². The molecule has 42 heavy (non-hydrogen) atoms. The van der Waals surface area contributed by atoms with Crippen LogP contribution in [-0.2, 0) is 26.2 Å². The Bertz CT molecular complexity index is 1530. The molecule has 0 bridgehead atoms. The van der Waals surface area contributed by atoms with Gasteiger partial charge in [-0.1, -0.05) is 90.0 Å². The van der Waals surface area contributed by atoms with Crippen molar-refractivity contribution in [1.82, 2.24) is 10.2 Å². The van der Waals surface area contributed by atoms with Crippen molar-refractivity contribution in [3.63, 3.8) is 0 Å². The number of nitrogens with one attached hydrogen (secondary N) is 1. The molecule has 1 aliphatic rings. The predicted molar refractivity (Wildman–Crippen MR) is 169 cm³/mol. The molecule has 0 radical (unpaired) electrons. The zero-order valence-corrected chi connectivity index (χ0v) is 26.6. The largest absolute Gasteiger partial charge is 0.352 e. The van der Waals surface area contributed by atoms with Gasteiger partial charge in [-0.15, -0.1) is 0 Å². The van der Waals surface area contributed by atoms with E-state index in [0.717, 1.165) is 42.0 Å². The van der Waals surface area contributed by atoms with E-state index in [1.54, 1.807) is 61.5 Å². The zero-order chi connectivity index (χ0) is 30.4. The second kappa shape index (κ2) is 14.1. The molecule has 2 amide bonds. The lowest BCUT2D eigenvalue weighted by molar-refractivity contribution is -0.139. The third-order valence-corrected chi connectivity index (χ3v) is 10.3. The molecule has 1 saturated carbocycles. The van der Waals surface area contributed by atoms with Crippen LogP contribution in [-0.4, -0.2) is 43.8 Å². The lowest BCUT2D eigenvalue weighted by atomic mass is 9.95. The fraction of sp³-hybridized carbons (Fsp3) is 0.355. The van der Waals surface area contributed by atoms with Gasteiger partial charge in [-0.3, -0.25) is 13.9 Å². The minimum absolute atomic E-state index is 0.00984. The third kappa shape index (κ3) is 7.78. The highest BCUT2D eigenvalue weighted by Crippen LogP contribution is 2.31. The van der Waals surface area contributed by atoms with Gasteiger partial charge in [0.05, 0.1) is 25.7 Å². The molecule has 1 fully saturated rings. The van der Waals surface area contributed by atoms with Gasteiger partial charge in [0.15, 0.2) is 0 Å². The van der Waals surface area contributed by atoms with Crippen LogP contribution in [0.15, 0.2) is 71.6 Å². The first-order valence-electron chi connectivity index (χ1n) is 13.8. The van der Waals surface area contributed by atoms with Crippen molar-refractivity contribution in [1.29, 1.82) is 0 Å². The number of sulfonamides is 1. The van der Waals surface area contributed by atoms with Crippen LogP contribution in [0.5, 0.6) is 0 Å². The molecule has 0 heterocycles. The third-order valence-electron chi connectivity index (χ3n) is 7.46. The standard InChI is InChI=1S/C31H34Cl3N3O4S/c1-21-12-15-25(16-13-21)42(40,41)37(29-11-7-6-10-27(29)33)20-30(38)36(19-23-14-17-26(32)28(34)18-23)22(2)31(39)35-24-8-4-3-5-9-24/h6-7,10-18,22,24H,3-5,8-9,19-20H2,1-2H3,(H,35,39)/t22-/m1/s1. The fourth-order valence-electron chi connectivity index (χ4n) is 4.99. The maximum absolute atomic E-state index is 14.1. The second-order valence-electron chi connectivity index (χ2n) is 10.6. The van der Waals surface area contributed by atoms with Crippen molar-refractivity contribution < 1.29 is 18.0 Å². The van der Waals surface area contributed by atoms with E-state index in [2.05, 4.69) is 5.32 Å². The molecule has 3 aromatic rings. The van der Waals surface area contributed by atoms with E-state index in [9.17, 15) is 18.0 Å². The van der Waals surface area contributed by atoms with Gasteiger partial charge < -0.3 is 10.2 Å². The monoisotopic (exact) mass is 649 g/mol. The summed E-state index contributed by atoms with van der Waals surface area (Å²) in [5.41, 5.74) is 1.68. The minimum Gasteiger partial charge on any atom is -0.352 e. The number of hydrogen-bond acceptors (Lipinski definition) is 4. The smallest absolute Gasteiger partial charge is 0.264 e. The van der Waals surface area contributed by atoms with Crippen molar-refractivity contribution in [2.24, 2.45) is 0 Å². The quantitative estimate of drug-likeness (QED) is 0.256. The highest BCUT2D eigenvalue weighted by atomic mass is 35.5. The van der Waals surface area contributed by atoms with Gasteiger partial charge in [0.25, 0.3) is 10.0 Å². The average Bonchev–Trinajstić information content (AvgIpc) is 2.97. The number of para-hydroxylation sites is 1. The summed E-state index contributed by atoms with van der Waals surface area (Å²) in [6, 6.07) is 16.9. The lowest BCUT2D eigenvalue weighted by Gasteiger charge is -2.33. The molecule has 4 rings (SSSR count). The Morgan fingerprint density at radius 1 is 0.905 bits per heavy atom. The van der Waals surface area contributed by atoms with Gasteiger partial charge in [0, 0.05) is 12.6 Å². The molecule has 0 unspecified atom stereocenters. The van der Waals surface area contributed by atoms with Crippen LogP contribution in [0.25, 0.3) is 0 Å². The molecule has 7 nitrogen and oxygen atoms in total. The number of carbonyl (C=O) groups is 2. The summed E-state index contributed by atoms with van der Waals surface area (Å²) in [6.07, 6.45) is 4.98. The Morgan fingerprint density at radius 2 is 1.57 bits per heavy atom. The fourth-order valence-corrected chi connectivity index (χ4v) is 7.03. The van der Waals surface area contributed by atoms with E-state index in [1.165, 1.54) is 17.0 Å². The van der Waals surface area contributed by atoms with E-state index in [4.69, 9.17) is 34.8 Å². The Hall–Kier alpha value is -2.78. The first kappa shape index (κ1) is 32.1. The maximum Gasteiger partial charge on any atom is 0.264 e. The molecule has 1 N–H and O–H groups in total. The molecule has 0 spiro atoms. The zero-order valence-electron chi connectivity index (χ0n) is 23.5. The normalized spacial score (nSPS) is 14.7. The van der Waals surface area contributed by atoms with Crippen LogP contribution in [0, 0.1) is 6.92 Å². The van der Waals surface area contributed by atoms with Gasteiger partial charge in [-0.05, 0) is 68.7 Å². The molecule has 224 valence electrons. The van der Waals surface area contributed by atoms with Crippen molar-refractivity contribution in [2.75, 3.05) is 10.8 Å². The number of benzene rings is 3. The van der Waals surface area contributed by atoms with E-state index >= 15 is 0 Å². The molecule has 11 heteroatoms. The van der Waals surface area contributed by atoms with Crippen molar-refractivity contribution in [2.45, 2.75) is 69.5 Å². The van der Waals surface area contributed by atoms with Crippen LogP contribution in [0.1, 0.15) is 50.2 Å². The summed E-state index contributed by atoms with van der Waals surface area (Å²) in [5.74, 6) is -0.885. The average molecular weight is 651 g/mol. The van der Waals surface area contributed by atoms with E-state index in [0.29, 0.717) is 15.6 Å². The van der Waals surface area contributed by atoms with Gasteiger partial charge in [0.2, 0.25) is 11.8 Å². The van der Waals surface area contributed by atoms with Crippen LogP contribution in [0.4, 0.5) is 5.69 Å². The lowest BCUT2D eigenvalue weighted by Crippen LogP contribution is -2.53. The number of nitrogens with zero attached hydrogens (tertiary/aromatic N) is 2. The van der Waals surface area contributed by atoms with Gasteiger partial charge in [0.1, 0.15) is 12.6 Å². The Morgan fingerprint density at radius 3 is 2.21 bits per heavy atom. The SMILES string of the molecule is Cc1ccc(S(=O)(=O)N(CC(=O)N(Cc2ccc(Cl)c(Cl)c2)[C@H](C)C(=O)NC2CCCCC2)c2ccccc2Cl)cc1. The number of rotatable bonds is 10. The van der Waals surface area contributed by atoms with Gasteiger partial charge >= 0.3 is 0 Å². The predicted octanol–water partition coefficient (Wildman–Crippen LogP) is 7.02. The minimum atomic E-state index is -4.21. The summed E-state index contributed by atoms with van der Waals surface area (Å²) < 4.78 is 28.9. The number of amides is 2. The summed E-state index contributed by atoms with van der Waals surface area (Å²) in [5, 5.41) is 3.91. The molecule has 0 saturated heterocycles. The Balaban J connectivity index is 1.69. The molecular formula is C31H34Cl3N3O4S. The summed E-state index contributed by atoms with van der Waals surface area (Å²) in [7, 11) is -4.21. The highest BCUT2D eigenvalue weighted by molar-refractivity contribution is 7.92. The van der Waals surface area contributed by atoms with Crippen molar-refractivity contribution >= 4 is 62.3 Å². The number of hydrogen-bond donors (Lipinski definition) is 1. The number of carbonyl (C=O) groups excluding carboxylic acids is 2. The molecule has 0 aliphatic heterocycles. The number of aryl methyl sites for hydroxylation is 1. The molecule has 1 aliphatic carbocycles. The summed E-state index contributed by atoms with van der Waals surface area (Å²) >= 11 is 18.8. The van der Waals surface area contributed by atoms with Crippen LogP contribution >= 0.6 is 34.8 Å². The first-order valence-corrected chi connectivity index (χ1v) is 16.4. The number of halogens is 3. The summed E-state index contributed by atoms with van der Waals surface area (Å²) in [6.45, 7) is 2.92. The van der Waals surface area contributed by atoms with Gasteiger partial charge in [-0.25, -0.2) is 8.42 Å². The maximum atomic E-state index is 14.1. The molecule has 1 atom stereocenters. The number of anilines is 1. The molecular weight excluding hydrogens is 617 g/mol. The van der Waals surface area contributed by atoms with E-state index < -0.39 is 28.5 Å².